The molecule has 0 atom stereocenters. The molecule has 0 aliphatic heterocycles. The molecule has 160 valence electrons. The van der Waals surface area contributed by atoms with Crippen molar-refractivity contribution in [3.8, 4) is 0 Å². The number of hydrogen-bond acceptors (Lipinski definition) is 1. The van der Waals surface area contributed by atoms with Gasteiger partial charge >= 0.3 is 0 Å². The molecule has 1 aliphatic carbocycles. The number of ketones is 1. The minimum absolute atomic E-state index is 0.504. The normalized spacial score (nSPS) is 15.5. The lowest BCUT2D eigenvalue weighted by Crippen LogP contribution is -2.13. The average Bonchev–Trinajstić information content (AvgIpc) is 2.68. The van der Waals surface area contributed by atoms with Crippen LogP contribution in [0.3, 0.4) is 0 Å². The van der Waals surface area contributed by atoms with Crippen molar-refractivity contribution >= 4 is 5.78 Å². The van der Waals surface area contributed by atoms with Gasteiger partial charge in [-0.2, -0.15) is 0 Å². The molecule has 0 aromatic heterocycles. The Bertz CT molecular complexity index is 312. The standard InChI is InChI=1S/C26H50O/c1-2-3-4-5-6-7-8-9-10-11-12-13-14-15-16-17-18-19-20-25-21-23-26(27)24-22-25/h25H,2-24H2,1H3. The summed E-state index contributed by atoms with van der Waals surface area (Å²) in [7, 11) is 0. The summed E-state index contributed by atoms with van der Waals surface area (Å²) in [5.41, 5.74) is 0. The monoisotopic (exact) mass is 378 g/mol. The van der Waals surface area contributed by atoms with E-state index in [-0.39, 0.29) is 0 Å². The molecule has 1 rings (SSSR count). The molecule has 0 bridgehead atoms. The Labute approximate surface area is 171 Å². The van der Waals surface area contributed by atoms with Crippen molar-refractivity contribution in [3.05, 3.63) is 0 Å². The van der Waals surface area contributed by atoms with Gasteiger partial charge in [-0.1, -0.05) is 129 Å². The highest BCUT2D eigenvalue weighted by Crippen LogP contribution is 2.26. The van der Waals surface area contributed by atoms with Crippen molar-refractivity contribution in [2.75, 3.05) is 0 Å². The zero-order chi connectivity index (χ0) is 19.4. The molecule has 0 radical (unpaired) electrons. The molecule has 0 aromatic rings. The van der Waals surface area contributed by atoms with Crippen LogP contribution in [0.2, 0.25) is 0 Å². The van der Waals surface area contributed by atoms with Crippen LogP contribution in [0.15, 0.2) is 0 Å². The third kappa shape index (κ3) is 16.3. The van der Waals surface area contributed by atoms with E-state index in [9.17, 15) is 4.79 Å². The summed E-state index contributed by atoms with van der Waals surface area (Å²) in [6, 6.07) is 0. The van der Waals surface area contributed by atoms with Crippen molar-refractivity contribution in [3.63, 3.8) is 0 Å². The van der Waals surface area contributed by atoms with Crippen LogP contribution < -0.4 is 0 Å². The first kappa shape index (κ1) is 24.7. The first-order valence-electron chi connectivity index (χ1n) is 12.8. The summed E-state index contributed by atoms with van der Waals surface area (Å²) < 4.78 is 0. The van der Waals surface area contributed by atoms with Gasteiger partial charge in [0.2, 0.25) is 0 Å². The third-order valence-electron chi connectivity index (χ3n) is 6.63. The second-order valence-electron chi connectivity index (χ2n) is 9.28. The molecule has 1 heteroatoms. The number of unbranched alkanes of at least 4 members (excludes halogenated alkanes) is 17. The van der Waals surface area contributed by atoms with Crippen LogP contribution in [0.1, 0.15) is 155 Å². The minimum atomic E-state index is 0.504. The van der Waals surface area contributed by atoms with E-state index in [1.54, 1.807) is 0 Å². The van der Waals surface area contributed by atoms with Gasteiger partial charge in [-0.25, -0.2) is 0 Å². The smallest absolute Gasteiger partial charge is 0.132 e. The van der Waals surface area contributed by atoms with Crippen LogP contribution in [0.25, 0.3) is 0 Å². The number of hydrogen-bond donors (Lipinski definition) is 0. The fourth-order valence-electron chi connectivity index (χ4n) is 4.62. The highest BCUT2D eigenvalue weighted by Gasteiger charge is 2.17. The number of Topliss-reactive ketones (excluding diaryl/α,β-unsaturated/α-hetero) is 1. The van der Waals surface area contributed by atoms with Gasteiger partial charge in [0, 0.05) is 12.8 Å². The summed E-state index contributed by atoms with van der Waals surface area (Å²) in [6.45, 7) is 2.30. The molecular weight excluding hydrogens is 328 g/mol. The Kier molecular flexibility index (Phi) is 17.4. The van der Waals surface area contributed by atoms with E-state index in [0.29, 0.717) is 5.78 Å². The van der Waals surface area contributed by atoms with Crippen molar-refractivity contribution in [2.45, 2.75) is 155 Å². The molecule has 0 heterocycles. The lowest BCUT2D eigenvalue weighted by molar-refractivity contribution is -0.121. The van der Waals surface area contributed by atoms with Gasteiger partial charge < -0.3 is 0 Å². The highest BCUT2D eigenvalue weighted by atomic mass is 16.1. The van der Waals surface area contributed by atoms with E-state index in [1.165, 1.54) is 135 Å². The van der Waals surface area contributed by atoms with Crippen molar-refractivity contribution in [2.24, 2.45) is 5.92 Å². The number of carbonyl (C=O) groups excluding carboxylic acids is 1. The zero-order valence-electron chi connectivity index (χ0n) is 18.7. The van der Waals surface area contributed by atoms with E-state index < -0.39 is 0 Å². The first-order chi connectivity index (χ1) is 13.3. The summed E-state index contributed by atoms with van der Waals surface area (Å²) >= 11 is 0. The molecule has 0 saturated heterocycles. The Morgan fingerprint density at radius 2 is 0.889 bits per heavy atom. The molecule has 0 aromatic carbocycles. The van der Waals surface area contributed by atoms with Gasteiger partial charge in [-0.05, 0) is 18.8 Å². The SMILES string of the molecule is CCCCCCCCCCCCCCCCCCCCC1CCC(=O)CC1. The topological polar surface area (TPSA) is 17.1 Å². The molecular formula is C26H50O. The first-order valence-corrected chi connectivity index (χ1v) is 12.8. The minimum Gasteiger partial charge on any atom is -0.300 e. The largest absolute Gasteiger partial charge is 0.300 e. The van der Waals surface area contributed by atoms with Crippen molar-refractivity contribution < 1.29 is 4.79 Å². The molecule has 0 N–H and O–H groups in total. The molecule has 1 saturated carbocycles. The molecule has 27 heavy (non-hydrogen) atoms. The molecule has 0 spiro atoms. The van der Waals surface area contributed by atoms with E-state index in [4.69, 9.17) is 0 Å². The second-order valence-corrected chi connectivity index (χ2v) is 9.28. The molecule has 0 amide bonds. The Morgan fingerprint density at radius 1 is 0.556 bits per heavy atom. The summed E-state index contributed by atoms with van der Waals surface area (Å²) in [5, 5.41) is 0. The molecule has 0 unspecified atom stereocenters. The van der Waals surface area contributed by atoms with Gasteiger partial charge in [-0.3, -0.25) is 4.79 Å². The third-order valence-corrected chi connectivity index (χ3v) is 6.63. The lowest BCUT2D eigenvalue weighted by atomic mass is 9.85. The van der Waals surface area contributed by atoms with E-state index in [1.807, 2.05) is 0 Å². The Hall–Kier alpha value is -0.330. The maximum absolute atomic E-state index is 11.3. The lowest BCUT2D eigenvalue weighted by Gasteiger charge is -2.20. The van der Waals surface area contributed by atoms with Gasteiger partial charge in [0.15, 0.2) is 0 Å². The average molecular weight is 379 g/mol. The van der Waals surface area contributed by atoms with E-state index in [2.05, 4.69) is 6.92 Å². The van der Waals surface area contributed by atoms with Crippen LogP contribution in [-0.2, 0) is 4.79 Å². The number of rotatable bonds is 19. The summed E-state index contributed by atoms with van der Waals surface area (Å²) in [6.07, 6.45) is 31.6. The summed E-state index contributed by atoms with van der Waals surface area (Å²) in [5.74, 6) is 1.37. The van der Waals surface area contributed by atoms with Crippen LogP contribution in [-0.4, -0.2) is 5.78 Å². The Morgan fingerprint density at radius 3 is 1.26 bits per heavy atom. The molecule has 1 nitrogen and oxygen atoms in total. The fraction of sp³-hybridized carbons (Fsp3) is 0.962. The molecule has 1 aliphatic rings. The quantitative estimate of drug-likeness (QED) is 0.205. The predicted molar refractivity (Wildman–Crippen MR) is 120 cm³/mol. The highest BCUT2D eigenvalue weighted by molar-refractivity contribution is 5.78. The van der Waals surface area contributed by atoms with Crippen molar-refractivity contribution in [1.82, 2.24) is 0 Å². The maximum Gasteiger partial charge on any atom is 0.132 e. The summed E-state index contributed by atoms with van der Waals surface area (Å²) in [4.78, 5) is 11.3. The predicted octanol–water partition coefficient (Wildman–Crippen LogP) is 9.18. The Balaban J connectivity index is 1.67. The fourth-order valence-corrected chi connectivity index (χ4v) is 4.62. The van der Waals surface area contributed by atoms with Gasteiger partial charge in [-0.15, -0.1) is 0 Å². The van der Waals surface area contributed by atoms with Crippen LogP contribution >= 0.6 is 0 Å². The van der Waals surface area contributed by atoms with Crippen LogP contribution in [0.5, 0.6) is 0 Å². The van der Waals surface area contributed by atoms with E-state index >= 15 is 0 Å². The maximum atomic E-state index is 11.3. The molecule has 1 fully saturated rings. The van der Waals surface area contributed by atoms with Gasteiger partial charge in [0.1, 0.15) is 5.78 Å². The van der Waals surface area contributed by atoms with Gasteiger partial charge in [0.05, 0.1) is 0 Å². The van der Waals surface area contributed by atoms with Crippen LogP contribution in [0.4, 0.5) is 0 Å². The van der Waals surface area contributed by atoms with Crippen molar-refractivity contribution in [1.29, 1.82) is 0 Å². The van der Waals surface area contributed by atoms with Gasteiger partial charge in [0.25, 0.3) is 0 Å². The number of carbonyl (C=O) groups is 1. The van der Waals surface area contributed by atoms with Crippen LogP contribution in [0, 0.1) is 5.92 Å². The second kappa shape index (κ2) is 19.0. The van der Waals surface area contributed by atoms with E-state index in [0.717, 1.165) is 18.8 Å². The zero-order valence-corrected chi connectivity index (χ0v) is 18.7.